The Bertz CT molecular complexity index is 811. The van der Waals surface area contributed by atoms with Gasteiger partial charge in [0.2, 0.25) is 5.91 Å². The normalized spacial score (nSPS) is 19.1. The summed E-state index contributed by atoms with van der Waals surface area (Å²) in [6.07, 6.45) is 5.22. The van der Waals surface area contributed by atoms with Crippen LogP contribution in [-0.4, -0.2) is 73.8 Å². The summed E-state index contributed by atoms with van der Waals surface area (Å²) in [4.78, 5) is 41.9. The fourth-order valence-corrected chi connectivity index (χ4v) is 3.62. The van der Waals surface area contributed by atoms with Crippen LogP contribution < -0.4 is 4.90 Å². The number of hydrogen-bond acceptors (Lipinski definition) is 6. The molecule has 0 aliphatic carbocycles. The second-order valence-electron chi connectivity index (χ2n) is 6.63. The maximum absolute atomic E-state index is 12.5. The monoisotopic (exact) mass is 401 g/mol. The molecule has 0 radical (unpaired) electrons. The number of hydrogen-bond donors (Lipinski definition) is 0. The van der Waals surface area contributed by atoms with Gasteiger partial charge in [-0.3, -0.25) is 19.3 Å². The number of morpholine rings is 1. The molecule has 0 spiro atoms. The number of carbonyl (C=O) groups excluding carboxylic acids is 3. The number of amides is 3. The molecule has 2 aliphatic rings. The molecule has 28 heavy (non-hydrogen) atoms. The first-order chi connectivity index (χ1) is 13.5. The SMILES string of the molecule is CN(C)c1ccc(/C=C/C=C2\SC(=O)N(CC(=O)N3CCOCC3)C2=O)cc1. The molecule has 8 heteroatoms. The molecule has 1 aromatic carbocycles. The molecule has 0 saturated carbocycles. The van der Waals surface area contributed by atoms with Crippen molar-refractivity contribution in [3.05, 3.63) is 46.9 Å². The van der Waals surface area contributed by atoms with Crippen LogP contribution in [0.5, 0.6) is 0 Å². The van der Waals surface area contributed by atoms with Crippen LogP contribution in [0.15, 0.2) is 41.3 Å². The number of ether oxygens (including phenoxy) is 1. The molecule has 3 amide bonds. The highest BCUT2D eigenvalue weighted by Crippen LogP contribution is 2.30. The Kier molecular flexibility index (Phi) is 6.53. The third-order valence-corrected chi connectivity index (χ3v) is 5.40. The summed E-state index contributed by atoms with van der Waals surface area (Å²) in [5.41, 5.74) is 2.09. The minimum absolute atomic E-state index is 0.224. The molecule has 2 saturated heterocycles. The third-order valence-electron chi connectivity index (χ3n) is 4.48. The van der Waals surface area contributed by atoms with Crippen LogP contribution in [0.2, 0.25) is 0 Å². The van der Waals surface area contributed by atoms with Gasteiger partial charge in [-0.15, -0.1) is 0 Å². The highest BCUT2D eigenvalue weighted by atomic mass is 32.2. The van der Waals surface area contributed by atoms with Gasteiger partial charge in [0, 0.05) is 32.9 Å². The second kappa shape index (κ2) is 9.07. The number of thioether (sulfide) groups is 1. The van der Waals surface area contributed by atoms with Gasteiger partial charge < -0.3 is 14.5 Å². The van der Waals surface area contributed by atoms with E-state index in [1.165, 1.54) is 0 Å². The second-order valence-corrected chi connectivity index (χ2v) is 7.62. The lowest BCUT2D eigenvalue weighted by atomic mass is 10.2. The average Bonchev–Trinajstić information content (AvgIpc) is 2.96. The third kappa shape index (κ3) is 4.82. The fraction of sp³-hybridized carbons (Fsp3) is 0.350. The molecule has 148 valence electrons. The van der Waals surface area contributed by atoms with Gasteiger partial charge in [0.15, 0.2) is 0 Å². The summed E-state index contributed by atoms with van der Waals surface area (Å²) in [5, 5.41) is -0.415. The van der Waals surface area contributed by atoms with Crippen molar-refractivity contribution < 1.29 is 19.1 Å². The van der Waals surface area contributed by atoms with Crippen molar-refractivity contribution in [2.24, 2.45) is 0 Å². The number of allylic oxidation sites excluding steroid dienone is 2. The van der Waals surface area contributed by atoms with Gasteiger partial charge in [0.05, 0.1) is 18.1 Å². The van der Waals surface area contributed by atoms with Crippen LogP contribution in [0.25, 0.3) is 6.08 Å². The van der Waals surface area contributed by atoms with Gasteiger partial charge >= 0.3 is 0 Å². The zero-order valence-electron chi connectivity index (χ0n) is 16.0. The zero-order valence-corrected chi connectivity index (χ0v) is 16.8. The van der Waals surface area contributed by atoms with Crippen molar-refractivity contribution in [2.45, 2.75) is 0 Å². The standard InChI is InChI=1S/C20H23N3O4S/c1-21(2)16-8-6-15(7-9-16)4-3-5-17-19(25)23(20(26)28-17)14-18(24)22-10-12-27-13-11-22/h3-9H,10-14H2,1-2H3/b4-3+,17-5-. The van der Waals surface area contributed by atoms with E-state index in [4.69, 9.17) is 4.74 Å². The van der Waals surface area contributed by atoms with Crippen molar-refractivity contribution in [2.75, 3.05) is 51.8 Å². The first-order valence-corrected chi connectivity index (χ1v) is 9.82. The molecule has 2 fully saturated rings. The van der Waals surface area contributed by atoms with E-state index in [1.54, 1.807) is 17.1 Å². The zero-order chi connectivity index (χ0) is 20.1. The largest absolute Gasteiger partial charge is 0.378 e. The summed E-state index contributed by atoms with van der Waals surface area (Å²) in [5.74, 6) is -0.660. The van der Waals surface area contributed by atoms with Crippen LogP contribution in [0.1, 0.15) is 5.56 Å². The maximum Gasteiger partial charge on any atom is 0.294 e. The molecular formula is C20H23N3O4S. The van der Waals surface area contributed by atoms with Crippen molar-refractivity contribution in [3.8, 4) is 0 Å². The summed E-state index contributed by atoms with van der Waals surface area (Å²) in [6, 6.07) is 7.97. The molecule has 2 aliphatic heterocycles. The van der Waals surface area contributed by atoms with Crippen LogP contribution in [0.3, 0.4) is 0 Å². The maximum atomic E-state index is 12.5. The number of imide groups is 1. The van der Waals surface area contributed by atoms with E-state index in [0.29, 0.717) is 31.2 Å². The van der Waals surface area contributed by atoms with Gasteiger partial charge in [-0.1, -0.05) is 24.3 Å². The van der Waals surface area contributed by atoms with Crippen LogP contribution in [-0.2, 0) is 14.3 Å². The topological polar surface area (TPSA) is 70.2 Å². The first kappa shape index (κ1) is 20.2. The lowest BCUT2D eigenvalue weighted by Gasteiger charge is -2.27. The minimum Gasteiger partial charge on any atom is -0.378 e. The van der Waals surface area contributed by atoms with Crippen molar-refractivity contribution in [1.29, 1.82) is 0 Å². The lowest BCUT2D eigenvalue weighted by Crippen LogP contribution is -2.46. The van der Waals surface area contributed by atoms with E-state index >= 15 is 0 Å². The first-order valence-electron chi connectivity index (χ1n) is 9.00. The molecule has 0 aromatic heterocycles. The molecule has 3 rings (SSSR count). The van der Waals surface area contributed by atoms with E-state index in [-0.39, 0.29) is 12.5 Å². The molecule has 0 atom stereocenters. The fourth-order valence-electron chi connectivity index (χ4n) is 2.83. The molecule has 1 aromatic rings. The predicted molar refractivity (Wildman–Crippen MR) is 110 cm³/mol. The van der Waals surface area contributed by atoms with E-state index in [1.807, 2.05) is 49.3 Å². The Morgan fingerprint density at radius 2 is 1.86 bits per heavy atom. The average molecular weight is 401 g/mol. The Hall–Kier alpha value is -2.58. The van der Waals surface area contributed by atoms with Crippen molar-refractivity contribution >= 4 is 40.6 Å². The molecular weight excluding hydrogens is 378 g/mol. The van der Waals surface area contributed by atoms with Gasteiger partial charge in [0.1, 0.15) is 6.54 Å². The molecule has 2 heterocycles. The quantitative estimate of drug-likeness (QED) is 0.705. The number of anilines is 1. The van der Waals surface area contributed by atoms with E-state index < -0.39 is 11.1 Å². The lowest BCUT2D eigenvalue weighted by molar-refractivity contribution is -0.139. The minimum atomic E-state index is -0.427. The smallest absolute Gasteiger partial charge is 0.294 e. The Balaban J connectivity index is 1.61. The van der Waals surface area contributed by atoms with Crippen molar-refractivity contribution in [3.63, 3.8) is 0 Å². The Labute approximate surface area is 168 Å². The Morgan fingerprint density at radius 3 is 2.50 bits per heavy atom. The van der Waals surface area contributed by atoms with Crippen LogP contribution in [0.4, 0.5) is 10.5 Å². The highest BCUT2D eigenvalue weighted by molar-refractivity contribution is 8.18. The number of nitrogens with zero attached hydrogens (tertiary/aromatic N) is 3. The number of carbonyl (C=O) groups is 3. The number of rotatable bonds is 5. The van der Waals surface area contributed by atoms with Gasteiger partial charge in [-0.25, -0.2) is 0 Å². The van der Waals surface area contributed by atoms with E-state index in [9.17, 15) is 14.4 Å². The van der Waals surface area contributed by atoms with E-state index in [0.717, 1.165) is 27.9 Å². The summed E-state index contributed by atoms with van der Waals surface area (Å²) < 4.78 is 5.21. The summed E-state index contributed by atoms with van der Waals surface area (Å²) >= 11 is 0.857. The molecule has 0 unspecified atom stereocenters. The highest BCUT2D eigenvalue weighted by Gasteiger charge is 2.36. The van der Waals surface area contributed by atoms with Crippen LogP contribution >= 0.6 is 11.8 Å². The molecule has 7 nitrogen and oxygen atoms in total. The van der Waals surface area contributed by atoms with Gasteiger partial charge in [0.25, 0.3) is 11.1 Å². The van der Waals surface area contributed by atoms with Gasteiger partial charge in [-0.05, 0) is 35.5 Å². The Morgan fingerprint density at radius 1 is 1.18 bits per heavy atom. The van der Waals surface area contributed by atoms with Crippen LogP contribution in [0, 0.1) is 0 Å². The number of benzene rings is 1. The molecule has 0 bridgehead atoms. The van der Waals surface area contributed by atoms with Gasteiger partial charge in [-0.2, -0.15) is 0 Å². The van der Waals surface area contributed by atoms with Crippen molar-refractivity contribution in [1.82, 2.24) is 9.80 Å². The molecule has 0 N–H and O–H groups in total. The summed E-state index contributed by atoms with van der Waals surface area (Å²) in [6.45, 7) is 1.71. The van der Waals surface area contributed by atoms with E-state index in [2.05, 4.69) is 0 Å². The summed E-state index contributed by atoms with van der Waals surface area (Å²) in [7, 11) is 3.95. The predicted octanol–water partition coefficient (Wildman–Crippen LogP) is 2.20.